The zero-order valence-electron chi connectivity index (χ0n) is 9.16. The summed E-state index contributed by atoms with van der Waals surface area (Å²) >= 11 is 0. The Morgan fingerprint density at radius 2 is 1.88 bits per heavy atom. The molecule has 2 nitrogen and oxygen atoms in total. The van der Waals surface area contributed by atoms with E-state index in [4.69, 9.17) is 0 Å². The number of hydrogen-bond acceptors (Lipinski definition) is 1. The van der Waals surface area contributed by atoms with Crippen molar-refractivity contribution < 1.29 is 9.18 Å². The van der Waals surface area contributed by atoms with E-state index in [1.165, 1.54) is 0 Å². The SMILES string of the molecule is O=C(N[C@@H]1CCCC[C@H]1F)c1ccccc1. The molecule has 0 heterocycles. The first kappa shape index (κ1) is 11.1. The molecule has 0 saturated heterocycles. The lowest BCUT2D eigenvalue weighted by atomic mass is 9.93. The Kier molecular flexibility index (Phi) is 3.54. The molecule has 16 heavy (non-hydrogen) atoms. The second-order valence-electron chi connectivity index (χ2n) is 4.25. The molecule has 0 unspecified atom stereocenters. The molecule has 1 aliphatic carbocycles. The lowest BCUT2D eigenvalue weighted by Gasteiger charge is -2.26. The highest BCUT2D eigenvalue weighted by molar-refractivity contribution is 5.94. The molecule has 2 atom stereocenters. The predicted octanol–water partition coefficient (Wildman–Crippen LogP) is 2.70. The number of carbonyl (C=O) groups excluding carboxylic acids is 1. The van der Waals surface area contributed by atoms with E-state index in [1.54, 1.807) is 12.1 Å². The van der Waals surface area contributed by atoms with Gasteiger partial charge in [-0.15, -0.1) is 0 Å². The van der Waals surface area contributed by atoms with Gasteiger partial charge in [-0.25, -0.2) is 4.39 Å². The number of halogens is 1. The number of rotatable bonds is 2. The molecular formula is C13H16FNO. The van der Waals surface area contributed by atoms with Crippen molar-refractivity contribution in [3.8, 4) is 0 Å². The van der Waals surface area contributed by atoms with E-state index < -0.39 is 6.17 Å². The second-order valence-corrected chi connectivity index (χ2v) is 4.25. The van der Waals surface area contributed by atoms with Gasteiger partial charge in [0.25, 0.3) is 5.91 Å². The van der Waals surface area contributed by atoms with Crippen LogP contribution in [0.1, 0.15) is 36.0 Å². The lowest BCUT2D eigenvalue weighted by molar-refractivity contribution is 0.0884. The van der Waals surface area contributed by atoms with Gasteiger partial charge in [0.15, 0.2) is 0 Å². The molecule has 0 aromatic heterocycles. The van der Waals surface area contributed by atoms with Crippen LogP contribution in [-0.4, -0.2) is 18.1 Å². The maximum atomic E-state index is 13.5. The van der Waals surface area contributed by atoms with Crippen molar-refractivity contribution in [1.82, 2.24) is 5.32 Å². The third-order valence-electron chi connectivity index (χ3n) is 3.03. The zero-order chi connectivity index (χ0) is 11.4. The fourth-order valence-corrected chi connectivity index (χ4v) is 2.09. The summed E-state index contributed by atoms with van der Waals surface area (Å²) in [5, 5.41) is 2.77. The molecule has 3 heteroatoms. The lowest BCUT2D eigenvalue weighted by Crippen LogP contribution is -2.43. The summed E-state index contributed by atoms with van der Waals surface area (Å²) in [7, 11) is 0. The summed E-state index contributed by atoms with van der Waals surface area (Å²) in [6.07, 6.45) is 2.36. The van der Waals surface area contributed by atoms with Gasteiger partial charge in [0.2, 0.25) is 0 Å². The van der Waals surface area contributed by atoms with E-state index in [1.807, 2.05) is 18.2 Å². The van der Waals surface area contributed by atoms with E-state index in [2.05, 4.69) is 5.32 Å². The van der Waals surface area contributed by atoms with E-state index in [0.29, 0.717) is 12.0 Å². The van der Waals surface area contributed by atoms with Crippen LogP contribution >= 0.6 is 0 Å². The quantitative estimate of drug-likeness (QED) is 0.817. The molecule has 1 N–H and O–H groups in total. The van der Waals surface area contributed by atoms with Gasteiger partial charge in [-0.05, 0) is 25.0 Å². The Morgan fingerprint density at radius 1 is 1.19 bits per heavy atom. The van der Waals surface area contributed by atoms with Crippen LogP contribution in [-0.2, 0) is 0 Å². The topological polar surface area (TPSA) is 29.1 Å². The minimum absolute atomic E-state index is 0.171. The van der Waals surface area contributed by atoms with E-state index in [0.717, 1.165) is 19.3 Å². The number of carbonyl (C=O) groups is 1. The van der Waals surface area contributed by atoms with Crippen LogP contribution in [0.4, 0.5) is 4.39 Å². The van der Waals surface area contributed by atoms with E-state index in [-0.39, 0.29) is 11.9 Å². The third-order valence-corrected chi connectivity index (χ3v) is 3.03. The van der Waals surface area contributed by atoms with Crippen LogP contribution in [0, 0.1) is 0 Å². The molecule has 2 rings (SSSR count). The monoisotopic (exact) mass is 221 g/mol. The molecule has 0 spiro atoms. The van der Waals surface area contributed by atoms with Gasteiger partial charge in [0.1, 0.15) is 6.17 Å². The molecule has 0 aliphatic heterocycles. The molecule has 86 valence electrons. The number of nitrogens with one attached hydrogen (secondary N) is 1. The standard InChI is InChI=1S/C13H16FNO/c14-11-8-4-5-9-12(11)15-13(16)10-6-2-1-3-7-10/h1-3,6-7,11-12H,4-5,8-9H2,(H,15,16)/t11-,12-/m1/s1. The normalized spacial score (nSPS) is 25.1. The fraction of sp³-hybridized carbons (Fsp3) is 0.462. The van der Waals surface area contributed by atoms with Gasteiger partial charge in [-0.3, -0.25) is 4.79 Å². The zero-order valence-corrected chi connectivity index (χ0v) is 9.16. The molecule has 1 aliphatic rings. The molecule has 0 radical (unpaired) electrons. The highest BCUT2D eigenvalue weighted by Crippen LogP contribution is 2.21. The molecule has 0 bridgehead atoms. The fourth-order valence-electron chi connectivity index (χ4n) is 2.09. The smallest absolute Gasteiger partial charge is 0.251 e. The minimum atomic E-state index is -0.888. The Hall–Kier alpha value is -1.38. The van der Waals surface area contributed by atoms with Crippen LogP contribution in [0.5, 0.6) is 0 Å². The van der Waals surface area contributed by atoms with E-state index >= 15 is 0 Å². The number of hydrogen-bond donors (Lipinski definition) is 1. The summed E-state index contributed by atoms with van der Waals surface area (Å²) < 4.78 is 13.5. The van der Waals surface area contributed by atoms with E-state index in [9.17, 15) is 9.18 Å². The summed E-state index contributed by atoms with van der Waals surface area (Å²) in [6.45, 7) is 0. The van der Waals surface area contributed by atoms with Crippen molar-refractivity contribution in [1.29, 1.82) is 0 Å². The maximum Gasteiger partial charge on any atom is 0.251 e. The van der Waals surface area contributed by atoms with Gasteiger partial charge in [-0.1, -0.05) is 31.0 Å². The first-order valence-electron chi connectivity index (χ1n) is 5.77. The van der Waals surface area contributed by atoms with Gasteiger partial charge < -0.3 is 5.32 Å². The van der Waals surface area contributed by atoms with Crippen molar-refractivity contribution >= 4 is 5.91 Å². The van der Waals surface area contributed by atoms with Crippen LogP contribution in [0.3, 0.4) is 0 Å². The Morgan fingerprint density at radius 3 is 2.56 bits per heavy atom. The second kappa shape index (κ2) is 5.10. The highest BCUT2D eigenvalue weighted by Gasteiger charge is 2.26. The van der Waals surface area contributed by atoms with Crippen LogP contribution in [0.15, 0.2) is 30.3 Å². The van der Waals surface area contributed by atoms with Crippen molar-refractivity contribution in [2.24, 2.45) is 0 Å². The third kappa shape index (κ3) is 2.60. The Labute approximate surface area is 94.9 Å². The first-order valence-corrected chi connectivity index (χ1v) is 5.77. The van der Waals surface area contributed by atoms with Crippen molar-refractivity contribution in [2.75, 3.05) is 0 Å². The summed E-state index contributed by atoms with van der Waals surface area (Å²) in [6, 6.07) is 8.65. The van der Waals surface area contributed by atoms with Gasteiger partial charge in [0.05, 0.1) is 6.04 Å². The molecule has 1 amide bonds. The molecule has 1 aromatic rings. The summed E-state index contributed by atoms with van der Waals surface area (Å²) in [5.74, 6) is -0.171. The average Bonchev–Trinajstić information content (AvgIpc) is 2.33. The number of alkyl halides is 1. The number of amides is 1. The minimum Gasteiger partial charge on any atom is -0.346 e. The van der Waals surface area contributed by atoms with Crippen LogP contribution in [0.25, 0.3) is 0 Å². The Balaban J connectivity index is 1.96. The molecule has 1 fully saturated rings. The Bertz CT molecular complexity index is 352. The van der Waals surface area contributed by atoms with Gasteiger partial charge in [0, 0.05) is 5.56 Å². The highest BCUT2D eigenvalue weighted by atomic mass is 19.1. The summed E-state index contributed by atoms with van der Waals surface area (Å²) in [4.78, 5) is 11.8. The number of benzene rings is 1. The van der Waals surface area contributed by atoms with Gasteiger partial charge in [-0.2, -0.15) is 0 Å². The first-order chi connectivity index (χ1) is 7.77. The summed E-state index contributed by atoms with van der Waals surface area (Å²) in [5.41, 5.74) is 0.597. The molecular weight excluding hydrogens is 205 g/mol. The predicted molar refractivity (Wildman–Crippen MR) is 61.1 cm³/mol. The van der Waals surface area contributed by atoms with Crippen molar-refractivity contribution in [3.05, 3.63) is 35.9 Å². The van der Waals surface area contributed by atoms with Gasteiger partial charge >= 0.3 is 0 Å². The van der Waals surface area contributed by atoms with Crippen molar-refractivity contribution in [3.63, 3.8) is 0 Å². The van der Waals surface area contributed by atoms with Crippen molar-refractivity contribution in [2.45, 2.75) is 37.9 Å². The van der Waals surface area contributed by atoms with Crippen LogP contribution < -0.4 is 5.32 Å². The molecule has 1 aromatic carbocycles. The largest absolute Gasteiger partial charge is 0.346 e. The average molecular weight is 221 g/mol. The molecule has 1 saturated carbocycles. The van der Waals surface area contributed by atoms with Crippen LogP contribution in [0.2, 0.25) is 0 Å². The maximum absolute atomic E-state index is 13.5.